The van der Waals surface area contributed by atoms with Gasteiger partial charge in [0.25, 0.3) is 0 Å². The molecule has 1 N–H and O–H groups in total. The van der Waals surface area contributed by atoms with Crippen LogP contribution in [0.2, 0.25) is 0 Å². The van der Waals surface area contributed by atoms with Crippen LogP contribution in [-0.2, 0) is 17.9 Å². The number of nitrogens with one attached hydrogen (secondary N) is 1. The highest BCUT2D eigenvalue weighted by Crippen LogP contribution is 2.13. The molecule has 0 saturated carbocycles. The molecule has 1 atom stereocenters. The lowest BCUT2D eigenvalue weighted by molar-refractivity contribution is -0.390. The molecule has 0 aromatic carbocycles. The van der Waals surface area contributed by atoms with E-state index >= 15 is 0 Å². The van der Waals surface area contributed by atoms with Gasteiger partial charge in [0, 0.05) is 6.54 Å². The van der Waals surface area contributed by atoms with E-state index in [0.717, 1.165) is 0 Å². The third-order valence-corrected chi connectivity index (χ3v) is 3.83. The lowest BCUT2D eigenvalue weighted by Crippen LogP contribution is -2.34. The molecule has 2 heterocycles. The minimum atomic E-state index is -0.583. The van der Waals surface area contributed by atoms with Crippen molar-refractivity contribution < 1.29 is 14.6 Å². The number of carbonyl (C=O) groups is 1. The van der Waals surface area contributed by atoms with Gasteiger partial charge in [0.1, 0.15) is 0 Å². The van der Waals surface area contributed by atoms with Crippen molar-refractivity contribution in [3.63, 3.8) is 0 Å². The molecule has 26 heavy (non-hydrogen) atoms. The average molecular weight is 365 g/mol. The van der Waals surface area contributed by atoms with Crippen molar-refractivity contribution in [2.45, 2.75) is 33.9 Å². The smallest absolute Gasteiger partial charge is 0.358 e. The molecular weight excluding hydrogens is 346 g/mol. The normalized spacial score (nSPS) is 12.0. The van der Waals surface area contributed by atoms with Crippen LogP contribution >= 0.6 is 0 Å². The standard InChI is InChI=1S/C14H19N7O5/c1-9(8-19-11(3)7-13(17-19)21(25)26)14(22)15-4-5-18-10(2)6-12(16-18)20(23)24/h6-7,9H,4-5,8H2,1-3H3,(H,15,22). The highest BCUT2D eigenvalue weighted by molar-refractivity contribution is 5.78. The van der Waals surface area contributed by atoms with E-state index in [0.29, 0.717) is 17.9 Å². The summed E-state index contributed by atoms with van der Waals surface area (Å²) in [6.07, 6.45) is 0. The second-order valence-corrected chi connectivity index (χ2v) is 5.90. The zero-order valence-corrected chi connectivity index (χ0v) is 14.6. The van der Waals surface area contributed by atoms with Crippen molar-refractivity contribution in [1.29, 1.82) is 0 Å². The Hall–Kier alpha value is -3.31. The van der Waals surface area contributed by atoms with Gasteiger partial charge in [-0.1, -0.05) is 6.92 Å². The number of nitrogens with zero attached hydrogens (tertiary/aromatic N) is 6. The predicted octanol–water partition coefficient (Wildman–Crippen LogP) is 0.965. The maximum absolute atomic E-state index is 12.2. The Kier molecular flexibility index (Phi) is 5.64. The first-order valence-corrected chi connectivity index (χ1v) is 7.84. The third-order valence-electron chi connectivity index (χ3n) is 3.83. The Morgan fingerprint density at radius 1 is 1.12 bits per heavy atom. The summed E-state index contributed by atoms with van der Waals surface area (Å²) in [5.74, 6) is -1.20. The first kappa shape index (κ1) is 19.0. The van der Waals surface area contributed by atoms with Crippen molar-refractivity contribution in [1.82, 2.24) is 24.9 Å². The van der Waals surface area contributed by atoms with E-state index in [-0.39, 0.29) is 30.6 Å². The first-order valence-electron chi connectivity index (χ1n) is 7.84. The molecule has 140 valence electrons. The Morgan fingerprint density at radius 3 is 2.12 bits per heavy atom. The van der Waals surface area contributed by atoms with E-state index in [1.54, 1.807) is 20.8 Å². The van der Waals surface area contributed by atoms with Crippen LogP contribution in [0.3, 0.4) is 0 Å². The molecule has 0 aliphatic heterocycles. The fourth-order valence-electron chi connectivity index (χ4n) is 2.38. The van der Waals surface area contributed by atoms with Crippen LogP contribution in [-0.4, -0.2) is 41.9 Å². The fraction of sp³-hybridized carbons (Fsp3) is 0.500. The van der Waals surface area contributed by atoms with E-state index in [1.165, 1.54) is 21.5 Å². The Labute approximate surface area is 148 Å². The van der Waals surface area contributed by atoms with Crippen molar-refractivity contribution >= 4 is 17.5 Å². The molecule has 0 bridgehead atoms. The zero-order valence-electron chi connectivity index (χ0n) is 14.6. The third kappa shape index (κ3) is 4.40. The van der Waals surface area contributed by atoms with E-state index in [1.807, 2.05) is 0 Å². The Bertz CT molecular complexity index is 841. The van der Waals surface area contributed by atoms with Crippen LogP contribution in [0.4, 0.5) is 11.6 Å². The van der Waals surface area contributed by atoms with E-state index in [9.17, 15) is 25.0 Å². The molecule has 0 spiro atoms. The van der Waals surface area contributed by atoms with E-state index < -0.39 is 15.8 Å². The molecule has 1 amide bonds. The largest absolute Gasteiger partial charge is 0.390 e. The highest BCUT2D eigenvalue weighted by atomic mass is 16.6. The molecule has 1 unspecified atom stereocenters. The second-order valence-electron chi connectivity index (χ2n) is 5.90. The SMILES string of the molecule is Cc1cc([N+](=O)[O-])nn1CCNC(=O)C(C)Cn1nc([N+](=O)[O-])cc1C. The van der Waals surface area contributed by atoms with Crippen molar-refractivity contribution in [2.24, 2.45) is 5.92 Å². The van der Waals surface area contributed by atoms with Gasteiger partial charge in [-0.15, -0.1) is 0 Å². The van der Waals surface area contributed by atoms with Crippen molar-refractivity contribution in [3.8, 4) is 0 Å². The molecular formula is C14H19N7O5. The first-order chi connectivity index (χ1) is 12.2. The summed E-state index contributed by atoms with van der Waals surface area (Å²) >= 11 is 0. The summed E-state index contributed by atoms with van der Waals surface area (Å²) in [7, 11) is 0. The number of carbonyl (C=O) groups excluding carboxylic acids is 1. The quantitative estimate of drug-likeness (QED) is 0.540. The number of nitro groups is 2. The number of rotatable bonds is 8. The van der Waals surface area contributed by atoms with Gasteiger partial charge < -0.3 is 25.5 Å². The molecule has 12 nitrogen and oxygen atoms in total. The van der Waals surface area contributed by atoms with Gasteiger partial charge in [0.2, 0.25) is 5.91 Å². The van der Waals surface area contributed by atoms with Gasteiger partial charge in [0.05, 0.1) is 52.7 Å². The average Bonchev–Trinajstić information content (AvgIpc) is 3.11. The maximum Gasteiger partial charge on any atom is 0.390 e. The van der Waals surface area contributed by atoms with Crippen molar-refractivity contribution in [2.75, 3.05) is 6.54 Å². The number of hydrogen-bond donors (Lipinski definition) is 1. The van der Waals surface area contributed by atoms with Crippen LogP contribution in [0, 0.1) is 40.0 Å². The van der Waals surface area contributed by atoms with Crippen LogP contribution in [0.25, 0.3) is 0 Å². The van der Waals surface area contributed by atoms with Crippen LogP contribution in [0.5, 0.6) is 0 Å². The molecule has 0 aliphatic carbocycles. The number of aryl methyl sites for hydroxylation is 2. The molecule has 2 rings (SSSR count). The van der Waals surface area contributed by atoms with Gasteiger partial charge in [0.15, 0.2) is 0 Å². The van der Waals surface area contributed by atoms with E-state index in [2.05, 4.69) is 15.5 Å². The van der Waals surface area contributed by atoms with Gasteiger partial charge in [-0.25, -0.2) is 0 Å². The minimum Gasteiger partial charge on any atom is -0.358 e. The second kappa shape index (κ2) is 7.72. The monoisotopic (exact) mass is 365 g/mol. The lowest BCUT2D eigenvalue weighted by atomic mass is 10.1. The molecule has 0 aliphatic rings. The zero-order chi connectivity index (χ0) is 19.4. The Morgan fingerprint density at radius 2 is 1.62 bits per heavy atom. The highest BCUT2D eigenvalue weighted by Gasteiger charge is 2.21. The summed E-state index contributed by atoms with van der Waals surface area (Å²) in [6, 6.07) is 2.70. The summed E-state index contributed by atoms with van der Waals surface area (Å²) in [6.45, 7) is 5.81. The van der Waals surface area contributed by atoms with Crippen LogP contribution in [0.15, 0.2) is 12.1 Å². The van der Waals surface area contributed by atoms with Crippen molar-refractivity contribution in [3.05, 3.63) is 43.7 Å². The number of hydrogen-bond acceptors (Lipinski definition) is 7. The van der Waals surface area contributed by atoms with Crippen LogP contribution in [0.1, 0.15) is 18.3 Å². The van der Waals surface area contributed by atoms with Gasteiger partial charge in [-0.2, -0.15) is 9.36 Å². The molecule has 2 aromatic heterocycles. The number of aromatic nitrogens is 4. The number of amides is 1. The molecule has 2 aromatic rings. The summed E-state index contributed by atoms with van der Waals surface area (Å²) in [4.78, 5) is 32.4. The van der Waals surface area contributed by atoms with E-state index in [4.69, 9.17) is 0 Å². The van der Waals surface area contributed by atoms with Crippen LogP contribution < -0.4 is 5.32 Å². The summed E-state index contributed by atoms with van der Waals surface area (Å²) in [5, 5.41) is 31.8. The minimum absolute atomic E-state index is 0.206. The predicted molar refractivity (Wildman–Crippen MR) is 89.4 cm³/mol. The molecule has 0 fully saturated rings. The summed E-state index contributed by atoms with van der Waals surface area (Å²) < 4.78 is 2.87. The molecule has 0 saturated heterocycles. The maximum atomic E-state index is 12.2. The topological polar surface area (TPSA) is 151 Å². The van der Waals surface area contributed by atoms with Gasteiger partial charge >= 0.3 is 11.6 Å². The molecule has 12 heteroatoms. The summed E-state index contributed by atoms with van der Waals surface area (Å²) in [5.41, 5.74) is 1.22. The van der Waals surface area contributed by atoms with Gasteiger partial charge in [-0.3, -0.25) is 4.79 Å². The lowest BCUT2D eigenvalue weighted by Gasteiger charge is -2.11. The fourth-order valence-corrected chi connectivity index (χ4v) is 2.38. The Balaban J connectivity index is 1.87. The molecule has 0 radical (unpaired) electrons. The van der Waals surface area contributed by atoms with Gasteiger partial charge in [-0.05, 0) is 23.7 Å².